The average molecular weight is 328 g/mol. The molecular weight excluding hydrogens is 312 g/mol. The Labute approximate surface area is 138 Å². The smallest absolute Gasteiger partial charge is 0.308 e. The van der Waals surface area contributed by atoms with Crippen molar-refractivity contribution in [2.45, 2.75) is 13.8 Å². The van der Waals surface area contributed by atoms with Gasteiger partial charge in [-0.3, -0.25) is 9.59 Å². The Morgan fingerprint density at radius 3 is 1.83 bits per heavy atom. The summed E-state index contributed by atoms with van der Waals surface area (Å²) in [7, 11) is 0. The highest BCUT2D eigenvalue weighted by Gasteiger charge is 2.06. The molecule has 0 unspecified atom stereocenters. The number of esters is 2. The third kappa shape index (κ3) is 4.88. The lowest BCUT2D eigenvalue weighted by Gasteiger charge is -2.07. The molecule has 2 aromatic carbocycles. The van der Waals surface area contributed by atoms with Crippen molar-refractivity contribution in [3.63, 3.8) is 0 Å². The van der Waals surface area contributed by atoms with Crippen LogP contribution >= 0.6 is 0 Å². The van der Waals surface area contributed by atoms with Crippen molar-refractivity contribution in [1.82, 2.24) is 0 Å². The number of carbonyl (C=O) groups is 2. The highest BCUT2D eigenvalue weighted by atomic mass is 16.5. The van der Waals surface area contributed by atoms with Crippen molar-refractivity contribution in [2.75, 3.05) is 0 Å². The molecule has 0 heterocycles. The fraction of sp³-hybridized carbons (Fsp3) is 0.111. The topological polar surface area (TPSA) is 93.1 Å². The lowest BCUT2D eigenvalue weighted by atomic mass is 10.1. The first-order chi connectivity index (χ1) is 11.3. The van der Waals surface area contributed by atoms with Crippen molar-refractivity contribution in [3.05, 3.63) is 47.5 Å². The fourth-order valence-corrected chi connectivity index (χ4v) is 1.98. The number of hydrogen-bond acceptors (Lipinski definition) is 6. The van der Waals surface area contributed by atoms with E-state index in [1.807, 2.05) is 0 Å². The van der Waals surface area contributed by atoms with Crippen LogP contribution in [0.5, 0.6) is 23.0 Å². The molecule has 0 bridgehead atoms. The molecule has 0 aliphatic rings. The number of aromatic hydroxyl groups is 2. The molecule has 0 aliphatic heterocycles. The molecule has 6 nitrogen and oxygen atoms in total. The van der Waals surface area contributed by atoms with Gasteiger partial charge in [0, 0.05) is 19.9 Å². The summed E-state index contributed by atoms with van der Waals surface area (Å²) in [5.41, 5.74) is 1.27. The molecular formula is C18H16O6. The van der Waals surface area contributed by atoms with Crippen LogP contribution in [-0.2, 0) is 9.59 Å². The molecule has 124 valence electrons. The van der Waals surface area contributed by atoms with E-state index in [9.17, 15) is 19.8 Å². The lowest BCUT2D eigenvalue weighted by molar-refractivity contribution is -0.132. The van der Waals surface area contributed by atoms with E-state index in [4.69, 9.17) is 9.47 Å². The maximum absolute atomic E-state index is 11.1. The average Bonchev–Trinajstić information content (AvgIpc) is 2.47. The predicted octanol–water partition coefficient (Wildman–Crippen LogP) is 3.12. The maximum Gasteiger partial charge on any atom is 0.308 e. The molecule has 6 heteroatoms. The SMILES string of the molecule is CC(=O)Oc1cc(C=Cc2ccc(O)c(O)c2)cc(OC(C)=O)c1. The number of carbonyl (C=O) groups excluding carboxylic acids is 2. The molecule has 2 rings (SSSR count). The molecule has 2 N–H and O–H groups in total. The molecule has 0 aliphatic carbocycles. The fourth-order valence-electron chi connectivity index (χ4n) is 1.98. The molecule has 0 amide bonds. The first kappa shape index (κ1) is 17.1. The predicted molar refractivity (Wildman–Crippen MR) is 87.8 cm³/mol. The molecule has 2 aromatic rings. The number of benzene rings is 2. The summed E-state index contributed by atoms with van der Waals surface area (Å²) in [5.74, 6) is -0.932. The van der Waals surface area contributed by atoms with E-state index in [1.54, 1.807) is 30.4 Å². The Bertz CT molecular complexity index is 773. The summed E-state index contributed by atoms with van der Waals surface area (Å²) in [4.78, 5) is 22.2. The van der Waals surface area contributed by atoms with Crippen molar-refractivity contribution < 1.29 is 29.3 Å². The van der Waals surface area contributed by atoms with Gasteiger partial charge in [-0.25, -0.2) is 0 Å². The number of hydrogen-bond donors (Lipinski definition) is 2. The standard InChI is InChI=1S/C18H16O6/c1-11(19)23-15-7-14(8-16(10-15)24-12(2)20)4-3-13-5-6-17(21)18(22)9-13/h3-10,21-22H,1-2H3. The molecule has 0 radical (unpaired) electrons. The van der Waals surface area contributed by atoms with Gasteiger partial charge in [0.05, 0.1) is 0 Å². The van der Waals surface area contributed by atoms with E-state index in [1.165, 1.54) is 32.0 Å². The van der Waals surface area contributed by atoms with Crippen LogP contribution in [0.2, 0.25) is 0 Å². The number of phenols is 2. The minimum atomic E-state index is -0.492. The monoisotopic (exact) mass is 328 g/mol. The summed E-state index contributed by atoms with van der Waals surface area (Å²) in [6.07, 6.45) is 3.37. The third-order valence-electron chi connectivity index (χ3n) is 2.89. The van der Waals surface area contributed by atoms with E-state index >= 15 is 0 Å². The first-order valence-corrected chi connectivity index (χ1v) is 7.05. The summed E-state index contributed by atoms with van der Waals surface area (Å²) >= 11 is 0. The number of phenolic OH excluding ortho intramolecular Hbond substituents is 2. The number of ether oxygens (including phenoxy) is 2. The normalized spacial score (nSPS) is 10.6. The Kier molecular flexibility index (Phi) is 5.21. The van der Waals surface area contributed by atoms with Gasteiger partial charge >= 0.3 is 11.9 Å². The van der Waals surface area contributed by atoms with Crippen molar-refractivity contribution in [2.24, 2.45) is 0 Å². The Morgan fingerprint density at radius 2 is 1.33 bits per heavy atom. The molecule has 0 aromatic heterocycles. The third-order valence-corrected chi connectivity index (χ3v) is 2.89. The Hall–Kier alpha value is -3.28. The second-order valence-corrected chi connectivity index (χ2v) is 5.01. The molecule has 0 saturated carbocycles. The summed E-state index contributed by atoms with van der Waals surface area (Å²) < 4.78 is 10.1. The van der Waals surface area contributed by atoms with Gasteiger partial charge in [0.25, 0.3) is 0 Å². The van der Waals surface area contributed by atoms with E-state index < -0.39 is 11.9 Å². The van der Waals surface area contributed by atoms with Crippen LogP contribution in [0, 0.1) is 0 Å². The second-order valence-electron chi connectivity index (χ2n) is 5.01. The van der Waals surface area contributed by atoms with Crippen LogP contribution in [0.25, 0.3) is 12.2 Å². The quantitative estimate of drug-likeness (QED) is 0.388. The Morgan fingerprint density at radius 1 is 0.792 bits per heavy atom. The minimum Gasteiger partial charge on any atom is -0.504 e. The zero-order chi connectivity index (χ0) is 17.7. The second kappa shape index (κ2) is 7.32. The van der Waals surface area contributed by atoms with Gasteiger partial charge in [0.15, 0.2) is 11.5 Å². The summed E-state index contributed by atoms with van der Waals surface area (Å²) in [5, 5.41) is 18.8. The van der Waals surface area contributed by atoms with Crippen LogP contribution < -0.4 is 9.47 Å². The Balaban J connectivity index is 2.32. The van der Waals surface area contributed by atoms with Gasteiger partial charge in [0.2, 0.25) is 0 Å². The zero-order valence-corrected chi connectivity index (χ0v) is 13.1. The number of rotatable bonds is 4. The van der Waals surface area contributed by atoms with Gasteiger partial charge in [0.1, 0.15) is 11.5 Å². The van der Waals surface area contributed by atoms with Crippen LogP contribution in [-0.4, -0.2) is 22.2 Å². The van der Waals surface area contributed by atoms with Crippen molar-refractivity contribution in [1.29, 1.82) is 0 Å². The summed E-state index contributed by atoms with van der Waals surface area (Å²) in [6, 6.07) is 9.03. The molecule has 0 spiro atoms. The van der Waals surface area contributed by atoms with E-state index in [0.717, 1.165) is 0 Å². The van der Waals surface area contributed by atoms with E-state index in [-0.39, 0.29) is 23.0 Å². The highest BCUT2D eigenvalue weighted by Crippen LogP contribution is 2.27. The molecule has 24 heavy (non-hydrogen) atoms. The minimum absolute atomic E-state index is 0.207. The van der Waals surface area contributed by atoms with Gasteiger partial charge in [-0.05, 0) is 35.4 Å². The van der Waals surface area contributed by atoms with Gasteiger partial charge in [-0.15, -0.1) is 0 Å². The lowest BCUT2D eigenvalue weighted by Crippen LogP contribution is -2.04. The highest BCUT2D eigenvalue weighted by molar-refractivity contribution is 5.75. The van der Waals surface area contributed by atoms with Crippen molar-refractivity contribution >= 4 is 24.1 Å². The van der Waals surface area contributed by atoms with Crippen LogP contribution in [0.3, 0.4) is 0 Å². The van der Waals surface area contributed by atoms with Crippen LogP contribution in [0.15, 0.2) is 36.4 Å². The molecule has 0 atom stereocenters. The van der Waals surface area contributed by atoms with Crippen LogP contribution in [0.4, 0.5) is 0 Å². The van der Waals surface area contributed by atoms with Gasteiger partial charge in [-0.2, -0.15) is 0 Å². The van der Waals surface area contributed by atoms with E-state index in [0.29, 0.717) is 11.1 Å². The largest absolute Gasteiger partial charge is 0.504 e. The van der Waals surface area contributed by atoms with Gasteiger partial charge in [-0.1, -0.05) is 18.2 Å². The molecule has 0 saturated heterocycles. The van der Waals surface area contributed by atoms with Gasteiger partial charge < -0.3 is 19.7 Å². The zero-order valence-electron chi connectivity index (χ0n) is 13.1. The first-order valence-electron chi connectivity index (χ1n) is 7.05. The molecule has 0 fully saturated rings. The summed E-state index contributed by atoms with van der Waals surface area (Å²) in [6.45, 7) is 2.54. The van der Waals surface area contributed by atoms with E-state index in [2.05, 4.69) is 0 Å². The van der Waals surface area contributed by atoms with Crippen LogP contribution in [0.1, 0.15) is 25.0 Å². The maximum atomic E-state index is 11.1. The van der Waals surface area contributed by atoms with Crippen molar-refractivity contribution in [3.8, 4) is 23.0 Å².